The van der Waals surface area contributed by atoms with E-state index < -0.39 is 22.8 Å². The molecule has 0 bridgehead atoms. The Bertz CT molecular complexity index is 589. The summed E-state index contributed by atoms with van der Waals surface area (Å²) < 4.78 is 38.2. The van der Waals surface area contributed by atoms with Gasteiger partial charge in [-0.3, -0.25) is 4.74 Å². The zero-order valence-corrected chi connectivity index (χ0v) is 12.2. The zero-order valence-electron chi connectivity index (χ0n) is 12.2. The van der Waals surface area contributed by atoms with E-state index in [2.05, 4.69) is 0 Å². The number of nitrogens with zero attached hydrogens (tertiary/aromatic N) is 2. The van der Waals surface area contributed by atoms with Crippen molar-refractivity contribution >= 4 is 5.84 Å². The molecule has 1 aliphatic heterocycles. The van der Waals surface area contributed by atoms with Gasteiger partial charge in [0.1, 0.15) is 5.54 Å². The summed E-state index contributed by atoms with van der Waals surface area (Å²) in [5.74, 6) is -0.168. The number of alkyl halides is 3. The fraction of sp³-hybridized carbons (Fsp3) is 0.500. The lowest BCUT2D eigenvalue weighted by Gasteiger charge is -2.32. The summed E-state index contributed by atoms with van der Waals surface area (Å²) >= 11 is 0. The van der Waals surface area contributed by atoms with Gasteiger partial charge in [-0.25, -0.2) is 0 Å². The van der Waals surface area contributed by atoms with E-state index in [-0.39, 0.29) is 11.4 Å². The average Bonchev–Trinajstić information content (AvgIpc) is 2.48. The van der Waals surface area contributed by atoms with Crippen molar-refractivity contribution in [3.63, 3.8) is 0 Å². The van der Waals surface area contributed by atoms with Gasteiger partial charge in [-0.1, -0.05) is 5.06 Å². The van der Waals surface area contributed by atoms with E-state index in [9.17, 15) is 23.6 Å². The maximum atomic E-state index is 12.5. The topological polar surface area (TPSA) is 49.2 Å². The second-order valence-corrected chi connectivity index (χ2v) is 6.11. The van der Waals surface area contributed by atoms with E-state index in [1.807, 2.05) is 0 Å². The van der Waals surface area contributed by atoms with Gasteiger partial charge in [-0.2, -0.15) is 13.2 Å². The van der Waals surface area contributed by atoms with Gasteiger partial charge in [0.25, 0.3) is 0 Å². The third-order valence-corrected chi connectivity index (χ3v) is 4.37. The molecule has 1 heterocycles. The van der Waals surface area contributed by atoms with Crippen molar-refractivity contribution < 1.29 is 23.1 Å². The second-order valence-electron chi connectivity index (χ2n) is 6.11. The Kier molecular flexibility index (Phi) is 3.25. The first-order chi connectivity index (χ1) is 9.40. The Labute approximate surface area is 120 Å². The van der Waals surface area contributed by atoms with Crippen molar-refractivity contribution in [3.8, 4) is 0 Å². The number of hydrogen-bond acceptors (Lipinski definition) is 2. The van der Waals surface area contributed by atoms with Crippen molar-refractivity contribution in [1.29, 1.82) is 0 Å². The molecule has 0 saturated heterocycles. The molecule has 0 aromatic heterocycles. The minimum atomic E-state index is -4.45. The van der Waals surface area contributed by atoms with Crippen LogP contribution in [0.2, 0.25) is 0 Å². The van der Waals surface area contributed by atoms with E-state index in [0.29, 0.717) is 9.80 Å². The van der Waals surface area contributed by atoms with Gasteiger partial charge >= 0.3 is 12.0 Å². The SMILES string of the molecule is CC1(C)N([O])C(c2ccc(C(F)(F)F)cc2)=[N+]([O-])C1(C)C. The molecule has 0 fully saturated rings. The van der Waals surface area contributed by atoms with E-state index in [1.165, 1.54) is 0 Å². The third kappa shape index (κ3) is 2.16. The van der Waals surface area contributed by atoms with Gasteiger partial charge in [0, 0.05) is 5.21 Å². The van der Waals surface area contributed by atoms with Crippen molar-refractivity contribution in [2.24, 2.45) is 0 Å². The first-order valence-electron chi connectivity index (χ1n) is 6.40. The minimum Gasteiger partial charge on any atom is -0.714 e. The fourth-order valence-electron chi connectivity index (χ4n) is 2.15. The predicted octanol–water partition coefficient (Wildman–Crippen LogP) is 3.18. The summed E-state index contributed by atoms with van der Waals surface area (Å²) in [5, 5.41) is 25.3. The molecule has 1 aromatic rings. The van der Waals surface area contributed by atoms with Crippen molar-refractivity contribution in [3.05, 3.63) is 40.6 Å². The third-order valence-electron chi connectivity index (χ3n) is 4.37. The van der Waals surface area contributed by atoms with Gasteiger partial charge in [0.15, 0.2) is 5.54 Å². The zero-order chi connectivity index (χ0) is 16.2. The molecule has 0 atom stereocenters. The quantitative estimate of drug-likeness (QED) is 0.591. The van der Waals surface area contributed by atoms with Crippen molar-refractivity contribution in [2.45, 2.75) is 44.9 Å². The maximum Gasteiger partial charge on any atom is 0.416 e. The highest BCUT2D eigenvalue weighted by Gasteiger charge is 2.59. The second kappa shape index (κ2) is 4.37. The van der Waals surface area contributed by atoms with Crippen LogP contribution in [0.1, 0.15) is 38.8 Å². The summed E-state index contributed by atoms with van der Waals surface area (Å²) in [6, 6.07) is 4.02. The minimum absolute atomic E-state index is 0.168. The number of amidine groups is 1. The Balaban J connectivity index is 2.50. The molecular weight excluding hydrogens is 285 g/mol. The molecule has 0 amide bonds. The van der Waals surface area contributed by atoms with Crippen LogP contribution in [0.25, 0.3) is 0 Å². The first kappa shape index (κ1) is 15.6. The van der Waals surface area contributed by atoms with Crippen LogP contribution in [-0.2, 0) is 11.4 Å². The fourth-order valence-corrected chi connectivity index (χ4v) is 2.15. The monoisotopic (exact) mass is 301 g/mol. The Morgan fingerprint density at radius 2 is 1.57 bits per heavy atom. The number of halogens is 3. The van der Waals surface area contributed by atoms with Crippen molar-refractivity contribution in [2.75, 3.05) is 0 Å². The summed E-state index contributed by atoms with van der Waals surface area (Å²) in [7, 11) is 0. The molecule has 2 rings (SSSR count). The van der Waals surface area contributed by atoms with E-state index in [4.69, 9.17) is 0 Å². The molecule has 0 N–H and O–H groups in total. The smallest absolute Gasteiger partial charge is 0.416 e. The molecule has 0 unspecified atom stereocenters. The number of hydrogen-bond donors (Lipinski definition) is 0. The Hall–Kier alpha value is -1.76. The van der Waals surface area contributed by atoms with Crippen LogP contribution in [0.15, 0.2) is 24.3 Å². The number of rotatable bonds is 1. The predicted molar refractivity (Wildman–Crippen MR) is 69.9 cm³/mol. The molecule has 1 aromatic carbocycles. The summed E-state index contributed by atoms with van der Waals surface area (Å²) in [6.45, 7) is 6.51. The Morgan fingerprint density at radius 3 is 1.90 bits per heavy atom. The van der Waals surface area contributed by atoms with Gasteiger partial charge in [-0.05, 0) is 52.0 Å². The molecule has 4 nitrogen and oxygen atoms in total. The van der Waals surface area contributed by atoms with Gasteiger partial charge in [0.05, 0.1) is 11.1 Å². The van der Waals surface area contributed by atoms with Crippen LogP contribution in [0.3, 0.4) is 0 Å². The van der Waals surface area contributed by atoms with Crippen LogP contribution in [0.4, 0.5) is 13.2 Å². The van der Waals surface area contributed by atoms with E-state index in [0.717, 1.165) is 24.3 Å². The van der Waals surface area contributed by atoms with Crippen LogP contribution in [0.5, 0.6) is 0 Å². The molecule has 7 heteroatoms. The molecular formula is C14H16F3N2O2. The Morgan fingerprint density at radius 1 is 1.10 bits per heavy atom. The van der Waals surface area contributed by atoms with E-state index in [1.54, 1.807) is 27.7 Å². The van der Waals surface area contributed by atoms with Crippen LogP contribution in [-0.4, -0.2) is 26.7 Å². The standard InChI is InChI=1S/C14H16F3N2O2/c1-12(2)13(3,4)19(21)11(18(12)20)9-5-7-10(8-6-9)14(15,16)17/h5-8H,1-4H3. The lowest BCUT2D eigenvalue weighted by atomic mass is 9.84. The van der Waals surface area contributed by atoms with Crippen molar-refractivity contribution in [1.82, 2.24) is 5.06 Å². The number of hydroxylamine groups is 3. The summed E-state index contributed by atoms with van der Waals surface area (Å²) in [4.78, 5) is 0. The molecule has 21 heavy (non-hydrogen) atoms. The highest BCUT2D eigenvalue weighted by molar-refractivity contribution is 5.96. The summed E-state index contributed by atoms with van der Waals surface area (Å²) in [6.07, 6.45) is -4.45. The normalized spacial score (nSPS) is 21.0. The lowest BCUT2D eigenvalue weighted by Crippen LogP contribution is -2.53. The van der Waals surface area contributed by atoms with Crippen LogP contribution < -0.4 is 0 Å². The van der Waals surface area contributed by atoms with Crippen LogP contribution >= 0.6 is 0 Å². The maximum absolute atomic E-state index is 12.5. The molecule has 0 saturated carbocycles. The van der Waals surface area contributed by atoms with Gasteiger partial charge in [-0.15, -0.1) is 0 Å². The highest BCUT2D eigenvalue weighted by atomic mass is 19.4. The molecule has 0 aliphatic carbocycles. The molecule has 1 aliphatic rings. The van der Waals surface area contributed by atoms with E-state index >= 15 is 0 Å². The first-order valence-corrected chi connectivity index (χ1v) is 6.40. The molecule has 115 valence electrons. The van der Waals surface area contributed by atoms with Gasteiger partial charge < -0.3 is 5.21 Å². The highest BCUT2D eigenvalue weighted by Crippen LogP contribution is 2.37. The van der Waals surface area contributed by atoms with Crippen LogP contribution in [0, 0.1) is 5.21 Å². The number of benzene rings is 1. The van der Waals surface area contributed by atoms with Gasteiger partial charge in [0.2, 0.25) is 0 Å². The molecule has 0 spiro atoms. The average molecular weight is 301 g/mol. The molecule has 1 radical (unpaired) electrons. The lowest BCUT2D eigenvalue weighted by molar-refractivity contribution is -0.539. The largest absolute Gasteiger partial charge is 0.714 e. The summed E-state index contributed by atoms with van der Waals surface area (Å²) in [5.41, 5.74) is -2.63.